The summed E-state index contributed by atoms with van der Waals surface area (Å²) in [6.45, 7) is 3.46. The van der Waals surface area contributed by atoms with Crippen LogP contribution in [0.25, 0.3) is 11.1 Å². The number of hydrogen-bond acceptors (Lipinski definition) is 9. The summed E-state index contributed by atoms with van der Waals surface area (Å²) in [6.07, 6.45) is -7.65. The molecule has 0 atom stereocenters. The molecule has 1 aromatic heterocycles. The molecule has 268 valence electrons. The van der Waals surface area contributed by atoms with Crippen molar-refractivity contribution in [3.8, 4) is 34.1 Å². The van der Waals surface area contributed by atoms with E-state index in [4.69, 9.17) is 18.9 Å². The predicted octanol–water partition coefficient (Wildman–Crippen LogP) is 4.03. The van der Waals surface area contributed by atoms with Gasteiger partial charge in [0.05, 0.1) is 51.0 Å². The van der Waals surface area contributed by atoms with Crippen molar-refractivity contribution in [3.05, 3.63) is 88.7 Å². The third kappa shape index (κ3) is 11.1. The number of carbonyl (C=O) groups excluding carboxylic acids is 1. The van der Waals surface area contributed by atoms with Gasteiger partial charge in [-0.1, -0.05) is 11.6 Å². The second-order valence-electron chi connectivity index (χ2n) is 11.1. The van der Waals surface area contributed by atoms with E-state index in [2.05, 4.69) is 9.97 Å². The summed E-state index contributed by atoms with van der Waals surface area (Å²) >= 11 is 0. The van der Waals surface area contributed by atoms with Gasteiger partial charge in [-0.25, -0.2) is 9.97 Å². The molecule has 1 heterocycles. The Balaban J connectivity index is 0.00000702. The maximum absolute atomic E-state index is 13.8. The number of rotatable bonds is 15. The molecule has 0 aliphatic heterocycles. The van der Waals surface area contributed by atoms with Crippen LogP contribution in [0.15, 0.2) is 60.9 Å². The summed E-state index contributed by atoms with van der Waals surface area (Å²) in [5.74, 6) is 0.0868. The van der Waals surface area contributed by atoms with Crippen LogP contribution in [-0.2, 0) is 30.2 Å². The molecule has 0 radical (unpaired) electrons. The fourth-order valence-corrected chi connectivity index (χ4v) is 5.13. The van der Waals surface area contributed by atoms with Crippen LogP contribution in [0, 0.1) is 6.92 Å². The van der Waals surface area contributed by atoms with Gasteiger partial charge >= 0.3 is 41.9 Å². The Morgan fingerprint density at radius 1 is 0.804 bits per heavy atom. The van der Waals surface area contributed by atoms with E-state index in [-0.39, 0.29) is 78.9 Å². The van der Waals surface area contributed by atoms with Gasteiger partial charge in [-0.15, -0.1) is 0 Å². The van der Waals surface area contributed by atoms with Crippen LogP contribution in [0.1, 0.15) is 47.6 Å². The average molecular weight is 730 g/mol. The molecule has 0 bridgehead atoms. The summed E-state index contributed by atoms with van der Waals surface area (Å²) in [7, 11) is 2.88. The molecule has 51 heavy (non-hydrogen) atoms. The standard InChI is InChI=1S/C35H35F6N3O6.Na/c1-5-49-29-9-8-21(2)11-28(29)27-16-31(48-4)30(47-3)14-23(27)20-44(33-42-17-26(18-43-33)50-10-6-7-32(45)46)19-22-12-24(34(36,37)38)15-25(13-22)35(39,40)41;/h8-9,11-18H,5-7,10,19-20H2,1-4H3,(H,45,46);/q;+1/p-1. The maximum Gasteiger partial charge on any atom is 1.00 e. The number of aliphatic carboxylic acids is 1. The van der Waals surface area contributed by atoms with Crippen molar-refractivity contribution in [2.24, 2.45) is 0 Å². The molecule has 0 amide bonds. The first kappa shape index (κ1) is 41.2. The number of nitrogens with zero attached hydrogens (tertiary/aromatic N) is 3. The van der Waals surface area contributed by atoms with E-state index in [0.29, 0.717) is 52.7 Å². The summed E-state index contributed by atoms with van der Waals surface area (Å²) in [5, 5.41) is 10.7. The summed E-state index contributed by atoms with van der Waals surface area (Å²) in [6, 6.07) is 10.3. The number of anilines is 1. The minimum atomic E-state index is -5.05. The Hall–Kier alpha value is -4.21. The van der Waals surface area contributed by atoms with Crippen molar-refractivity contribution in [3.63, 3.8) is 0 Å². The second kappa shape index (κ2) is 17.8. The zero-order valence-electron chi connectivity index (χ0n) is 28.6. The summed E-state index contributed by atoms with van der Waals surface area (Å²) in [4.78, 5) is 20.7. The van der Waals surface area contributed by atoms with Gasteiger partial charge in [0.25, 0.3) is 0 Å². The van der Waals surface area contributed by atoms with E-state index in [1.54, 1.807) is 18.2 Å². The Labute approximate surface area is 312 Å². The Morgan fingerprint density at radius 2 is 1.41 bits per heavy atom. The van der Waals surface area contributed by atoms with Crippen LogP contribution in [0.2, 0.25) is 0 Å². The van der Waals surface area contributed by atoms with Gasteiger partial charge < -0.3 is 33.7 Å². The minimum Gasteiger partial charge on any atom is -0.550 e. The maximum atomic E-state index is 13.8. The third-order valence-electron chi connectivity index (χ3n) is 7.41. The monoisotopic (exact) mass is 729 g/mol. The zero-order valence-corrected chi connectivity index (χ0v) is 30.6. The fourth-order valence-electron chi connectivity index (χ4n) is 5.13. The number of carbonyl (C=O) groups is 1. The largest absolute Gasteiger partial charge is 1.00 e. The Morgan fingerprint density at radius 3 is 1.96 bits per heavy atom. The van der Waals surface area contributed by atoms with Gasteiger partial charge in [0.1, 0.15) is 5.75 Å². The average Bonchev–Trinajstić information content (AvgIpc) is 3.06. The van der Waals surface area contributed by atoms with Gasteiger partial charge in [0.2, 0.25) is 5.95 Å². The molecule has 0 spiro atoms. The summed E-state index contributed by atoms with van der Waals surface area (Å²) < 4.78 is 105. The molecular weight excluding hydrogens is 695 g/mol. The smallest absolute Gasteiger partial charge is 0.550 e. The van der Waals surface area contributed by atoms with Crippen molar-refractivity contribution in [1.82, 2.24) is 9.97 Å². The number of benzene rings is 3. The number of ether oxygens (including phenoxy) is 4. The topological polar surface area (TPSA) is 106 Å². The normalized spacial score (nSPS) is 11.4. The van der Waals surface area contributed by atoms with E-state index in [1.165, 1.54) is 31.5 Å². The van der Waals surface area contributed by atoms with Crippen LogP contribution in [0.4, 0.5) is 32.3 Å². The van der Waals surface area contributed by atoms with Crippen LogP contribution < -0.4 is 58.5 Å². The third-order valence-corrected chi connectivity index (χ3v) is 7.41. The van der Waals surface area contributed by atoms with Crippen LogP contribution in [0.5, 0.6) is 23.0 Å². The molecule has 0 saturated carbocycles. The molecule has 16 heteroatoms. The van der Waals surface area contributed by atoms with Crippen molar-refractivity contribution >= 4 is 11.9 Å². The molecule has 0 N–H and O–H groups in total. The number of carboxylic acid groups (broad SMARTS) is 1. The second-order valence-corrected chi connectivity index (χ2v) is 11.1. The van der Waals surface area contributed by atoms with E-state index < -0.39 is 36.0 Å². The van der Waals surface area contributed by atoms with Gasteiger partial charge in [-0.2, -0.15) is 26.3 Å². The number of halogens is 6. The van der Waals surface area contributed by atoms with Gasteiger partial charge in [-0.05, 0) is 85.8 Å². The number of aromatic nitrogens is 2. The molecule has 3 aromatic carbocycles. The molecule has 0 aliphatic carbocycles. The van der Waals surface area contributed by atoms with E-state index >= 15 is 0 Å². The first-order chi connectivity index (χ1) is 23.6. The molecular formula is C35H34F6N3NaO6. The molecule has 9 nitrogen and oxygen atoms in total. The molecule has 0 fully saturated rings. The number of carboxylic acids is 1. The van der Waals surface area contributed by atoms with E-state index in [9.17, 15) is 36.2 Å². The minimum absolute atomic E-state index is 0. The number of methoxy groups -OCH3 is 2. The quantitative estimate of drug-likeness (QED) is 0.102. The van der Waals surface area contributed by atoms with Crippen molar-refractivity contribution in [1.29, 1.82) is 0 Å². The fraction of sp³-hybridized carbons (Fsp3) is 0.343. The first-order valence-electron chi connectivity index (χ1n) is 15.3. The zero-order chi connectivity index (χ0) is 36.6. The van der Waals surface area contributed by atoms with Crippen molar-refractivity contribution in [2.45, 2.75) is 52.1 Å². The van der Waals surface area contributed by atoms with Crippen molar-refractivity contribution in [2.75, 3.05) is 32.3 Å². The van der Waals surface area contributed by atoms with Crippen LogP contribution in [-0.4, -0.2) is 43.4 Å². The Kier molecular flexibility index (Phi) is 14.4. The van der Waals surface area contributed by atoms with E-state index in [1.807, 2.05) is 26.0 Å². The summed E-state index contributed by atoms with van der Waals surface area (Å²) in [5.41, 5.74) is -0.555. The van der Waals surface area contributed by atoms with Crippen LogP contribution in [0.3, 0.4) is 0 Å². The molecule has 0 aliphatic rings. The molecule has 0 unspecified atom stereocenters. The van der Waals surface area contributed by atoms with Crippen molar-refractivity contribution < 1.29 is 84.7 Å². The number of alkyl halides is 6. The SMILES string of the molecule is CCOc1ccc(C)cc1-c1cc(OC)c(OC)cc1CN(Cc1cc(C(F)(F)F)cc(C(F)(F)F)c1)c1ncc(OCCCC(=O)[O-])cn1.[Na+]. The molecule has 4 rings (SSSR count). The number of aryl methyl sites for hydroxylation is 1. The van der Waals surface area contributed by atoms with Gasteiger partial charge in [0.15, 0.2) is 17.2 Å². The number of hydrogen-bond donors (Lipinski definition) is 0. The first-order valence-corrected chi connectivity index (χ1v) is 15.3. The molecule has 0 saturated heterocycles. The van der Waals surface area contributed by atoms with Crippen LogP contribution >= 0.6 is 0 Å². The van der Waals surface area contributed by atoms with Gasteiger partial charge in [0, 0.05) is 24.6 Å². The Bertz CT molecular complexity index is 1760. The van der Waals surface area contributed by atoms with Gasteiger partial charge in [-0.3, -0.25) is 0 Å². The predicted molar refractivity (Wildman–Crippen MR) is 169 cm³/mol. The van der Waals surface area contributed by atoms with E-state index in [0.717, 1.165) is 5.56 Å². The molecule has 4 aromatic rings.